The Balaban J connectivity index is 1.21. The highest BCUT2D eigenvalue weighted by atomic mass is 16.3. The van der Waals surface area contributed by atoms with E-state index >= 15 is 0 Å². The molecule has 0 fully saturated rings. The van der Waals surface area contributed by atoms with Crippen molar-refractivity contribution in [3.63, 3.8) is 0 Å². The molecule has 0 saturated heterocycles. The summed E-state index contributed by atoms with van der Waals surface area (Å²) in [5, 5.41) is 15.1. The lowest BCUT2D eigenvalue weighted by Crippen LogP contribution is -1.89. The van der Waals surface area contributed by atoms with E-state index in [1.165, 1.54) is 81.5 Å². The highest BCUT2D eigenvalue weighted by molar-refractivity contribution is 6.28. The number of hydrogen-bond acceptors (Lipinski definition) is 1. The largest absolute Gasteiger partial charge is 0.456 e. The standard InChI is InChI=1S/C42H24O/c1-2-7-29-23-30(10-9-25(29)5-1)32-17-11-27-14-20-36-33(18-12-28-13-19-35(32)40(27)41(28)36)31-15-21-37-39(24-31)43-38-22-16-26-6-3-4-8-34(26)42(37)38/h1-24H. The third-order valence-electron chi connectivity index (χ3n) is 9.40. The summed E-state index contributed by atoms with van der Waals surface area (Å²) < 4.78 is 6.44. The van der Waals surface area contributed by atoms with Crippen molar-refractivity contribution < 1.29 is 4.42 Å². The summed E-state index contributed by atoms with van der Waals surface area (Å²) in [5.74, 6) is 0. The van der Waals surface area contributed by atoms with Crippen LogP contribution in [0.25, 0.3) is 98.1 Å². The molecule has 0 unspecified atom stereocenters. The quantitative estimate of drug-likeness (QED) is 0.197. The van der Waals surface area contributed by atoms with Gasteiger partial charge < -0.3 is 4.42 Å². The van der Waals surface area contributed by atoms with E-state index in [1.54, 1.807) is 0 Å². The van der Waals surface area contributed by atoms with Crippen LogP contribution in [-0.4, -0.2) is 0 Å². The van der Waals surface area contributed by atoms with Gasteiger partial charge in [0.1, 0.15) is 11.2 Å². The van der Waals surface area contributed by atoms with Crippen LogP contribution in [0, 0.1) is 0 Å². The van der Waals surface area contributed by atoms with Crippen LogP contribution in [0.5, 0.6) is 0 Å². The van der Waals surface area contributed by atoms with Crippen LogP contribution in [0.4, 0.5) is 0 Å². The summed E-state index contributed by atoms with van der Waals surface area (Å²) in [5.41, 5.74) is 6.78. The van der Waals surface area contributed by atoms with Crippen molar-refractivity contribution in [2.75, 3.05) is 0 Å². The summed E-state index contributed by atoms with van der Waals surface area (Å²) in [6.07, 6.45) is 0. The molecule has 0 aliphatic carbocycles. The molecule has 0 amide bonds. The van der Waals surface area contributed by atoms with Crippen molar-refractivity contribution in [3.05, 3.63) is 146 Å². The Labute approximate surface area is 247 Å². The lowest BCUT2D eigenvalue weighted by molar-refractivity contribution is 0.669. The molecular weight excluding hydrogens is 520 g/mol. The van der Waals surface area contributed by atoms with E-state index in [0.29, 0.717) is 0 Å². The molecule has 0 bridgehead atoms. The molecule has 0 radical (unpaired) electrons. The van der Waals surface area contributed by atoms with E-state index in [1.807, 2.05) is 0 Å². The van der Waals surface area contributed by atoms with E-state index in [0.717, 1.165) is 16.6 Å². The first-order valence-electron chi connectivity index (χ1n) is 14.8. The van der Waals surface area contributed by atoms with Gasteiger partial charge >= 0.3 is 0 Å². The molecule has 0 aliphatic heterocycles. The molecule has 0 atom stereocenters. The molecule has 43 heavy (non-hydrogen) atoms. The molecule has 9 aromatic carbocycles. The van der Waals surface area contributed by atoms with Gasteiger partial charge in [-0.15, -0.1) is 0 Å². The third-order valence-corrected chi connectivity index (χ3v) is 9.40. The normalized spacial score (nSPS) is 12.2. The molecule has 10 aromatic rings. The summed E-state index contributed by atoms with van der Waals surface area (Å²) in [4.78, 5) is 0. The van der Waals surface area contributed by atoms with Crippen LogP contribution in [0.2, 0.25) is 0 Å². The number of furan rings is 1. The van der Waals surface area contributed by atoms with E-state index in [2.05, 4.69) is 146 Å². The maximum atomic E-state index is 6.44. The van der Waals surface area contributed by atoms with Gasteiger partial charge in [0.25, 0.3) is 0 Å². The monoisotopic (exact) mass is 544 g/mol. The smallest absolute Gasteiger partial charge is 0.136 e. The van der Waals surface area contributed by atoms with Crippen LogP contribution in [0.3, 0.4) is 0 Å². The molecule has 0 aliphatic rings. The zero-order valence-corrected chi connectivity index (χ0v) is 23.3. The number of benzene rings is 9. The maximum Gasteiger partial charge on any atom is 0.136 e. The van der Waals surface area contributed by atoms with Crippen LogP contribution in [-0.2, 0) is 0 Å². The second kappa shape index (κ2) is 8.44. The molecular formula is C42H24O. The van der Waals surface area contributed by atoms with Crippen LogP contribution in [0.1, 0.15) is 0 Å². The number of hydrogen-bond donors (Lipinski definition) is 0. The van der Waals surface area contributed by atoms with E-state index in [9.17, 15) is 0 Å². The minimum absolute atomic E-state index is 0.924. The lowest BCUT2D eigenvalue weighted by Gasteiger charge is -2.16. The van der Waals surface area contributed by atoms with Gasteiger partial charge in [0.15, 0.2) is 0 Å². The summed E-state index contributed by atoms with van der Waals surface area (Å²) >= 11 is 0. The second-order valence-corrected chi connectivity index (χ2v) is 11.7. The van der Waals surface area contributed by atoms with Gasteiger partial charge in [0.05, 0.1) is 0 Å². The number of fused-ring (bicyclic) bond motifs is 6. The fourth-order valence-electron chi connectivity index (χ4n) is 7.38. The minimum atomic E-state index is 0.924. The Hall–Kier alpha value is -5.66. The van der Waals surface area contributed by atoms with Gasteiger partial charge in [-0.05, 0) is 100 Å². The molecule has 0 N–H and O–H groups in total. The maximum absolute atomic E-state index is 6.44. The summed E-state index contributed by atoms with van der Waals surface area (Å²) in [6, 6.07) is 53.2. The average Bonchev–Trinajstić information content (AvgIpc) is 3.45. The van der Waals surface area contributed by atoms with Gasteiger partial charge in [-0.3, -0.25) is 0 Å². The fraction of sp³-hybridized carbons (Fsp3) is 0. The van der Waals surface area contributed by atoms with Crippen LogP contribution in [0.15, 0.2) is 150 Å². The molecule has 1 heteroatoms. The van der Waals surface area contributed by atoms with E-state index < -0.39 is 0 Å². The molecule has 198 valence electrons. The molecule has 1 nitrogen and oxygen atoms in total. The van der Waals surface area contributed by atoms with Gasteiger partial charge in [-0.1, -0.05) is 121 Å². The molecule has 0 spiro atoms. The predicted octanol–water partition coefficient (Wildman–Crippen LogP) is 12.1. The Kier molecular flexibility index (Phi) is 4.51. The van der Waals surface area contributed by atoms with Crippen molar-refractivity contribution in [2.45, 2.75) is 0 Å². The first kappa shape index (κ1) is 23.0. The number of rotatable bonds is 2. The van der Waals surface area contributed by atoms with Gasteiger partial charge in [0, 0.05) is 10.8 Å². The Morgan fingerprint density at radius 1 is 0.302 bits per heavy atom. The van der Waals surface area contributed by atoms with Crippen LogP contribution < -0.4 is 0 Å². The zero-order chi connectivity index (χ0) is 28.1. The molecule has 0 saturated carbocycles. The van der Waals surface area contributed by atoms with E-state index in [-0.39, 0.29) is 0 Å². The second-order valence-electron chi connectivity index (χ2n) is 11.7. The lowest BCUT2D eigenvalue weighted by atomic mass is 9.87. The molecule has 1 heterocycles. The first-order chi connectivity index (χ1) is 21.3. The molecule has 10 rings (SSSR count). The van der Waals surface area contributed by atoms with Gasteiger partial charge in [-0.2, -0.15) is 0 Å². The highest BCUT2D eigenvalue weighted by Crippen LogP contribution is 2.44. The Bertz CT molecular complexity index is 2730. The van der Waals surface area contributed by atoms with Crippen molar-refractivity contribution >= 4 is 75.8 Å². The summed E-state index contributed by atoms with van der Waals surface area (Å²) in [7, 11) is 0. The van der Waals surface area contributed by atoms with Crippen LogP contribution >= 0.6 is 0 Å². The van der Waals surface area contributed by atoms with Gasteiger partial charge in [-0.25, -0.2) is 0 Å². The topological polar surface area (TPSA) is 13.1 Å². The predicted molar refractivity (Wildman–Crippen MR) is 183 cm³/mol. The first-order valence-corrected chi connectivity index (χ1v) is 14.8. The van der Waals surface area contributed by atoms with Gasteiger partial charge in [0.2, 0.25) is 0 Å². The Morgan fingerprint density at radius 3 is 1.63 bits per heavy atom. The van der Waals surface area contributed by atoms with Crippen molar-refractivity contribution in [1.82, 2.24) is 0 Å². The highest BCUT2D eigenvalue weighted by Gasteiger charge is 2.17. The van der Waals surface area contributed by atoms with Crippen molar-refractivity contribution in [3.8, 4) is 22.3 Å². The zero-order valence-electron chi connectivity index (χ0n) is 23.3. The SMILES string of the molecule is c1ccc2cc(-c3ccc4ccc5c(-c6ccc7c(c6)oc6ccc8ccccc8c67)ccc6ccc3c4c65)ccc2c1. The fourth-order valence-corrected chi connectivity index (χ4v) is 7.38. The Morgan fingerprint density at radius 2 is 0.860 bits per heavy atom. The van der Waals surface area contributed by atoms with E-state index in [4.69, 9.17) is 4.42 Å². The minimum Gasteiger partial charge on any atom is -0.456 e. The third kappa shape index (κ3) is 3.22. The van der Waals surface area contributed by atoms with Crippen molar-refractivity contribution in [2.24, 2.45) is 0 Å². The molecule has 1 aromatic heterocycles. The average molecular weight is 545 g/mol. The van der Waals surface area contributed by atoms with Crippen molar-refractivity contribution in [1.29, 1.82) is 0 Å². The summed E-state index contributed by atoms with van der Waals surface area (Å²) in [6.45, 7) is 0.